The molecule has 0 saturated heterocycles. The van der Waals surface area contributed by atoms with Gasteiger partial charge in [-0.05, 0) is 55.4 Å². The Balaban J connectivity index is 2.17. The van der Waals surface area contributed by atoms with Crippen LogP contribution in [-0.2, 0) is 10.0 Å². The van der Waals surface area contributed by atoms with Crippen molar-refractivity contribution in [3.8, 4) is 0 Å². The summed E-state index contributed by atoms with van der Waals surface area (Å²) in [6.45, 7) is 0.380. The predicted molar refractivity (Wildman–Crippen MR) is 82.4 cm³/mol. The van der Waals surface area contributed by atoms with Crippen molar-refractivity contribution >= 4 is 37.6 Å². The van der Waals surface area contributed by atoms with E-state index >= 15 is 0 Å². The Labute approximate surface area is 132 Å². The molecule has 0 aromatic carbocycles. The summed E-state index contributed by atoms with van der Waals surface area (Å²) in [5.41, 5.74) is -0.0843. The van der Waals surface area contributed by atoms with Crippen LogP contribution in [0.2, 0.25) is 5.15 Å². The average Bonchev–Trinajstić information content (AvgIpc) is 2.30. The number of nitrogens with zero attached hydrogens (tertiary/aromatic N) is 2. The maximum atomic E-state index is 12.3. The first-order valence-corrected chi connectivity index (χ1v) is 8.90. The molecule has 20 heavy (non-hydrogen) atoms. The molecule has 0 bridgehead atoms. The second kappa shape index (κ2) is 5.88. The molecule has 0 unspecified atom stereocenters. The number of sulfonamides is 1. The number of halogens is 2. The van der Waals surface area contributed by atoms with E-state index in [1.54, 1.807) is 0 Å². The van der Waals surface area contributed by atoms with Crippen LogP contribution in [0.3, 0.4) is 0 Å². The third-order valence-electron chi connectivity index (χ3n) is 3.89. The van der Waals surface area contributed by atoms with Crippen LogP contribution in [0.5, 0.6) is 0 Å². The minimum Gasteiger partial charge on any atom is -0.302 e. The second-order valence-corrected chi connectivity index (χ2v) is 8.25. The number of rotatable bonds is 5. The second-order valence-electron chi connectivity index (χ2n) is 5.24. The van der Waals surface area contributed by atoms with E-state index in [4.69, 9.17) is 11.6 Å². The minimum absolute atomic E-state index is 0.00164. The summed E-state index contributed by atoms with van der Waals surface area (Å²) in [5, 5.41) is -0.0202. The van der Waals surface area contributed by atoms with Gasteiger partial charge in [-0.25, -0.2) is 18.1 Å². The van der Waals surface area contributed by atoms with Crippen molar-refractivity contribution in [2.24, 2.45) is 0 Å². The third-order valence-corrected chi connectivity index (χ3v) is 6.15. The lowest BCUT2D eigenvalue weighted by Crippen LogP contribution is -2.57. The predicted octanol–water partition coefficient (Wildman–Crippen LogP) is 2.26. The number of nitrogens with one attached hydrogen (secondary N) is 1. The first-order valence-electron chi connectivity index (χ1n) is 6.25. The van der Waals surface area contributed by atoms with Gasteiger partial charge in [-0.3, -0.25) is 0 Å². The van der Waals surface area contributed by atoms with Crippen LogP contribution in [0.4, 0.5) is 0 Å². The maximum Gasteiger partial charge on any atom is 0.243 e. The smallest absolute Gasteiger partial charge is 0.243 e. The molecule has 1 aliphatic carbocycles. The van der Waals surface area contributed by atoms with Crippen molar-refractivity contribution in [3.63, 3.8) is 0 Å². The van der Waals surface area contributed by atoms with Gasteiger partial charge in [0, 0.05) is 22.8 Å². The normalized spacial score (nSPS) is 18.1. The molecule has 0 radical (unpaired) electrons. The van der Waals surface area contributed by atoms with Gasteiger partial charge < -0.3 is 4.90 Å². The third kappa shape index (κ3) is 3.17. The lowest BCUT2D eigenvalue weighted by molar-refractivity contribution is 0.0657. The highest BCUT2D eigenvalue weighted by Crippen LogP contribution is 2.36. The molecule has 112 valence electrons. The highest BCUT2D eigenvalue weighted by Gasteiger charge is 2.40. The molecular weight excluding hydrogens is 366 g/mol. The van der Waals surface area contributed by atoms with Gasteiger partial charge >= 0.3 is 0 Å². The summed E-state index contributed by atoms with van der Waals surface area (Å²) in [4.78, 5) is 5.93. The fraction of sp³-hybridized carbons (Fsp3) is 0.583. The molecule has 8 heteroatoms. The monoisotopic (exact) mass is 381 g/mol. The lowest BCUT2D eigenvalue weighted by Gasteiger charge is -2.47. The average molecular weight is 383 g/mol. The van der Waals surface area contributed by atoms with Crippen molar-refractivity contribution in [2.75, 3.05) is 20.6 Å². The summed E-state index contributed by atoms with van der Waals surface area (Å²) < 4.78 is 27.9. The van der Waals surface area contributed by atoms with Gasteiger partial charge in [0.1, 0.15) is 10.0 Å². The van der Waals surface area contributed by atoms with E-state index in [1.165, 1.54) is 12.3 Å². The van der Waals surface area contributed by atoms with Gasteiger partial charge in [-0.1, -0.05) is 11.6 Å². The summed E-state index contributed by atoms with van der Waals surface area (Å²) >= 11 is 9.09. The van der Waals surface area contributed by atoms with Gasteiger partial charge in [0.2, 0.25) is 10.0 Å². The molecule has 0 atom stereocenters. The van der Waals surface area contributed by atoms with Crippen molar-refractivity contribution in [2.45, 2.75) is 29.7 Å². The zero-order chi connectivity index (χ0) is 15.0. The van der Waals surface area contributed by atoms with E-state index in [-0.39, 0.29) is 15.6 Å². The maximum absolute atomic E-state index is 12.3. The van der Waals surface area contributed by atoms with Crippen LogP contribution in [-0.4, -0.2) is 44.5 Å². The van der Waals surface area contributed by atoms with Crippen LogP contribution in [0.15, 0.2) is 21.6 Å². The number of hydrogen-bond donors (Lipinski definition) is 1. The lowest BCUT2D eigenvalue weighted by atomic mass is 9.76. The molecular formula is C12H17BrClN3O2S. The molecule has 0 spiro atoms. The van der Waals surface area contributed by atoms with Crippen LogP contribution in [0.1, 0.15) is 19.3 Å². The molecule has 1 aromatic rings. The van der Waals surface area contributed by atoms with E-state index < -0.39 is 10.0 Å². The molecule has 2 rings (SSSR count). The highest BCUT2D eigenvalue weighted by atomic mass is 79.9. The summed E-state index contributed by atoms with van der Waals surface area (Å²) in [6, 6.07) is 1.46. The number of likely N-dealkylation sites (N-methyl/N-ethyl adjacent to an activating group) is 1. The molecule has 1 heterocycles. The van der Waals surface area contributed by atoms with E-state index in [1.807, 2.05) is 14.1 Å². The summed E-state index contributed by atoms with van der Waals surface area (Å²) in [6.07, 6.45) is 4.58. The first kappa shape index (κ1) is 16.2. The van der Waals surface area contributed by atoms with Crippen molar-refractivity contribution in [3.05, 3.63) is 21.9 Å². The van der Waals surface area contributed by atoms with E-state index in [2.05, 4.69) is 30.5 Å². The Kier molecular flexibility index (Phi) is 4.76. The summed E-state index contributed by atoms with van der Waals surface area (Å²) in [5.74, 6) is 0. The number of hydrogen-bond acceptors (Lipinski definition) is 4. The van der Waals surface area contributed by atoms with Gasteiger partial charge in [-0.2, -0.15) is 0 Å². The molecule has 1 saturated carbocycles. The van der Waals surface area contributed by atoms with Crippen molar-refractivity contribution in [1.29, 1.82) is 0 Å². The Morgan fingerprint density at radius 1 is 1.50 bits per heavy atom. The molecule has 0 aliphatic heterocycles. The Hall–Kier alpha value is -0.210. The van der Waals surface area contributed by atoms with Crippen molar-refractivity contribution < 1.29 is 8.42 Å². The topological polar surface area (TPSA) is 62.3 Å². The fourth-order valence-corrected chi connectivity index (χ4v) is 4.33. The molecule has 0 amide bonds. The van der Waals surface area contributed by atoms with Gasteiger partial charge in [-0.15, -0.1) is 0 Å². The number of aromatic nitrogens is 1. The van der Waals surface area contributed by atoms with Crippen LogP contribution >= 0.6 is 27.5 Å². The fourth-order valence-electron chi connectivity index (χ4n) is 2.27. The standard InChI is InChI=1S/C12H17BrClN3O2S/c1-17(2)12(4-3-5-12)8-16-20(18,19)10-6-9(13)7-15-11(10)14/h6-7,16H,3-5,8H2,1-2H3. The Bertz CT molecular complexity index is 603. The summed E-state index contributed by atoms with van der Waals surface area (Å²) in [7, 11) is 0.289. The van der Waals surface area contributed by atoms with Gasteiger partial charge in [0.05, 0.1) is 0 Å². The SMILES string of the molecule is CN(C)C1(CNS(=O)(=O)c2cc(Br)cnc2Cl)CCC1. The molecule has 5 nitrogen and oxygen atoms in total. The highest BCUT2D eigenvalue weighted by molar-refractivity contribution is 9.10. The molecule has 1 N–H and O–H groups in total. The molecule has 1 fully saturated rings. The van der Waals surface area contributed by atoms with Crippen LogP contribution in [0, 0.1) is 0 Å². The van der Waals surface area contributed by atoms with E-state index in [9.17, 15) is 8.42 Å². The van der Waals surface area contributed by atoms with Gasteiger partial charge in [0.15, 0.2) is 0 Å². The Morgan fingerprint density at radius 3 is 2.65 bits per heavy atom. The van der Waals surface area contributed by atoms with Gasteiger partial charge in [0.25, 0.3) is 0 Å². The minimum atomic E-state index is -3.66. The van der Waals surface area contributed by atoms with E-state index in [0.29, 0.717) is 11.0 Å². The largest absolute Gasteiger partial charge is 0.302 e. The first-order chi connectivity index (χ1) is 9.27. The Morgan fingerprint density at radius 2 is 2.15 bits per heavy atom. The molecule has 1 aromatic heterocycles. The van der Waals surface area contributed by atoms with Crippen LogP contribution < -0.4 is 4.72 Å². The van der Waals surface area contributed by atoms with Crippen LogP contribution in [0.25, 0.3) is 0 Å². The molecule has 1 aliphatic rings. The quantitative estimate of drug-likeness (QED) is 0.794. The zero-order valence-corrected chi connectivity index (χ0v) is 14.5. The van der Waals surface area contributed by atoms with E-state index in [0.717, 1.165) is 19.3 Å². The van der Waals surface area contributed by atoms with Crippen molar-refractivity contribution in [1.82, 2.24) is 14.6 Å². The zero-order valence-electron chi connectivity index (χ0n) is 11.4. The number of pyridine rings is 1.